The molecule has 3 aromatic rings. The van der Waals surface area contributed by atoms with Gasteiger partial charge in [-0.05, 0) is 43.4 Å². The van der Waals surface area contributed by atoms with Gasteiger partial charge < -0.3 is 4.90 Å². The van der Waals surface area contributed by atoms with Crippen molar-refractivity contribution in [1.29, 1.82) is 0 Å². The van der Waals surface area contributed by atoms with E-state index in [0.717, 1.165) is 48.5 Å². The number of hydrogen-bond donors (Lipinski definition) is 0. The lowest BCUT2D eigenvalue weighted by Gasteiger charge is -2.33. The highest BCUT2D eigenvalue weighted by molar-refractivity contribution is 5.76. The van der Waals surface area contributed by atoms with Gasteiger partial charge in [0.05, 0.1) is 22.9 Å². The Hall–Kier alpha value is -2.43. The van der Waals surface area contributed by atoms with E-state index in [-0.39, 0.29) is 0 Å². The number of para-hydroxylation sites is 2. The molecule has 0 radical (unpaired) electrons. The van der Waals surface area contributed by atoms with Crippen molar-refractivity contribution in [3.8, 4) is 0 Å². The second-order valence-electron chi connectivity index (χ2n) is 6.33. The summed E-state index contributed by atoms with van der Waals surface area (Å²) in [5.41, 5.74) is 4.32. The van der Waals surface area contributed by atoms with Crippen molar-refractivity contribution in [1.82, 2.24) is 19.7 Å². The van der Waals surface area contributed by atoms with Gasteiger partial charge in [0.2, 0.25) is 0 Å². The van der Waals surface area contributed by atoms with E-state index in [1.807, 2.05) is 42.2 Å². The Morgan fingerprint density at radius 2 is 1.74 bits per heavy atom. The van der Waals surface area contributed by atoms with Crippen molar-refractivity contribution in [2.45, 2.75) is 25.7 Å². The summed E-state index contributed by atoms with van der Waals surface area (Å²) in [7, 11) is 1.98. The topological polar surface area (TPSA) is 46.8 Å². The average molecular weight is 307 g/mol. The number of piperidine rings is 1. The molecule has 2 aromatic heterocycles. The zero-order valence-electron chi connectivity index (χ0n) is 13.6. The molecule has 23 heavy (non-hydrogen) atoms. The van der Waals surface area contributed by atoms with Crippen molar-refractivity contribution in [3.63, 3.8) is 0 Å². The van der Waals surface area contributed by atoms with Gasteiger partial charge in [-0.1, -0.05) is 12.1 Å². The number of hydrogen-bond acceptors (Lipinski definition) is 4. The highest BCUT2D eigenvalue weighted by Crippen LogP contribution is 2.30. The third kappa shape index (κ3) is 2.67. The van der Waals surface area contributed by atoms with Gasteiger partial charge in [0.1, 0.15) is 0 Å². The molecule has 0 bridgehead atoms. The summed E-state index contributed by atoms with van der Waals surface area (Å²) in [5, 5.41) is 4.30. The van der Waals surface area contributed by atoms with Crippen LogP contribution in [0.4, 0.5) is 5.82 Å². The van der Waals surface area contributed by atoms with Gasteiger partial charge in [0.25, 0.3) is 0 Å². The normalized spacial score (nSPS) is 16.2. The number of rotatable bonds is 2. The maximum atomic E-state index is 4.85. The van der Waals surface area contributed by atoms with Crippen LogP contribution in [0.25, 0.3) is 11.0 Å². The molecule has 1 fully saturated rings. The van der Waals surface area contributed by atoms with Crippen LogP contribution >= 0.6 is 0 Å². The van der Waals surface area contributed by atoms with Crippen molar-refractivity contribution in [2.75, 3.05) is 18.0 Å². The fourth-order valence-electron chi connectivity index (χ4n) is 3.45. The quantitative estimate of drug-likeness (QED) is 0.730. The van der Waals surface area contributed by atoms with Crippen LogP contribution in [0.5, 0.6) is 0 Å². The van der Waals surface area contributed by atoms with E-state index in [9.17, 15) is 0 Å². The van der Waals surface area contributed by atoms with Gasteiger partial charge >= 0.3 is 0 Å². The van der Waals surface area contributed by atoms with Crippen LogP contribution in [0.2, 0.25) is 0 Å². The van der Waals surface area contributed by atoms with E-state index in [2.05, 4.69) is 23.1 Å². The van der Waals surface area contributed by atoms with Crippen LogP contribution in [0, 0.1) is 6.92 Å². The molecule has 0 spiro atoms. The molecule has 0 atom stereocenters. The Labute approximate surface area is 136 Å². The number of fused-ring (bicyclic) bond motifs is 1. The molecule has 1 aliphatic rings. The molecule has 5 heteroatoms. The number of nitrogens with zero attached hydrogens (tertiary/aromatic N) is 5. The fourth-order valence-corrected chi connectivity index (χ4v) is 3.45. The summed E-state index contributed by atoms with van der Waals surface area (Å²) in [6, 6.07) is 8.09. The van der Waals surface area contributed by atoms with Gasteiger partial charge in [0, 0.05) is 26.3 Å². The molecule has 4 rings (SSSR count). The molecule has 0 N–H and O–H groups in total. The van der Waals surface area contributed by atoms with Crippen LogP contribution in [-0.2, 0) is 7.05 Å². The van der Waals surface area contributed by atoms with E-state index < -0.39 is 0 Å². The number of anilines is 1. The predicted molar refractivity (Wildman–Crippen MR) is 91.7 cm³/mol. The van der Waals surface area contributed by atoms with Crippen molar-refractivity contribution in [3.05, 3.63) is 47.9 Å². The molecule has 0 unspecified atom stereocenters. The van der Waals surface area contributed by atoms with Crippen molar-refractivity contribution >= 4 is 16.9 Å². The molecule has 0 amide bonds. The molecule has 1 aliphatic heterocycles. The molecule has 1 aromatic carbocycles. The Morgan fingerprint density at radius 1 is 1.04 bits per heavy atom. The first kappa shape index (κ1) is 14.2. The molecule has 5 nitrogen and oxygen atoms in total. The van der Waals surface area contributed by atoms with Gasteiger partial charge in [-0.3, -0.25) is 4.68 Å². The van der Waals surface area contributed by atoms with Crippen LogP contribution < -0.4 is 4.90 Å². The first-order valence-electron chi connectivity index (χ1n) is 8.17. The van der Waals surface area contributed by atoms with E-state index in [1.54, 1.807) is 0 Å². The van der Waals surface area contributed by atoms with Gasteiger partial charge in [0.15, 0.2) is 5.82 Å². The lowest BCUT2D eigenvalue weighted by atomic mass is 9.91. The summed E-state index contributed by atoms with van der Waals surface area (Å²) in [6.45, 7) is 4.10. The fraction of sp³-hybridized carbons (Fsp3) is 0.389. The molecule has 118 valence electrons. The third-order valence-corrected chi connectivity index (χ3v) is 4.71. The summed E-state index contributed by atoms with van der Waals surface area (Å²) in [6.07, 6.45) is 6.42. The highest BCUT2D eigenvalue weighted by Gasteiger charge is 2.23. The summed E-state index contributed by atoms with van der Waals surface area (Å²) < 4.78 is 1.89. The largest absolute Gasteiger partial charge is 0.355 e. The van der Waals surface area contributed by atoms with Crippen LogP contribution in [0.1, 0.15) is 30.0 Å². The molecular weight excluding hydrogens is 286 g/mol. The Kier molecular flexibility index (Phi) is 3.48. The van der Waals surface area contributed by atoms with E-state index in [4.69, 9.17) is 9.97 Å². The Bertz CT molecular complexity index is 830. The predicted octanol–water partition coefficient (Wildman–Crippen LogP) is 3.06. The minimum absolute atomic E-state index is 0.605. The number of aryl methyl sites for hydroxylation is 2. The minimum atomic E-state index is 0.605. The van der Waals surface area contributed by atoms with Crippen LogP contribution in [0.3, 0.4) is 0 Å². The SMILES string of the molecule is Cc1nc2ccccc2nc1N1CCC(c2cnn(C)c2)CC1. The van der Waals surface area contributed by atoms with Crippen LogP contribution in [0.15, 0.2) is 36.7 Å². The Morgan fingerprint density at radius 3 is 2.39 bits per heavy atom. The number of benzene rings is 1. The standard InChI is InChI=1S/C18H21N5/c1-13-18(21-17-6-4-3-5-16(17)20-13)23-9-7-14(8-10-23)15-11-19-22(2)12-15/h3-6,11-12,14H,7-10H2,1-2H3. The lowest BCUT2D eigenvalue weighted by Crippen LogP contribution is -2.34. The molecule has 3 heterocycles. The monoisotopic (exact) mass is 307 g/mol. The van der Waals surface area contributed by atoms with Gasteiger partial charge in [-0.25, -0.2) is 9.97 Å². The summed E-state index contributed by atoms with van der Waals surface area (Å²) >= 11 is 0. The van der Waals surface area contributed by atoms with Gasteiger partial charge in [-0.2, -0.15) is 5.10 Å². The smallest absolute Gasteiger partial charge is 0.150 e. The maximum Gasteiger partial charge on any atom is 0.150 e. The second kappa shape index (κ2) is 5.65. The van der Waals surface area contributed by atoms with Gasteiger partial charge in [-0.15, -0.1) is 0 Å². The first-order valence-corrected chi connectivity index (χ1v) is 8.17. The zero-order chi connectivity index (χ0) is 15.8. The molecule has 1 saturated heterocycles. The Balaban J connectivity index is 1.55. The van der Waals surface area contributed by atoms with Crippen molar-refractivity contribution in [2.24, 2.45) is 7.05 Å². The highest BCUT2D eigenvalue weighted by atomic mass is 15.2. The second-order valence-corrected chi connectivity index (χ2v) is 6.33. The van der Waals surface area contributed by atoms with E-state index in [1.165, 1.54) is 5.56 Å². The van der Waals surface area contributed by atoms with E-state index in [0.29, 0.717) is 5.92 Å². The van der Waals surface area contributed by atoms with Crippen molar-refractivity contribution < 1.29 is 0 Å². The number of aromatic nitrogens is 4. The van der Waals surface area contributed by atoms with E-state index >= 15 is 0 Å². The zero-order valence-corrected chi connectivity index (χ0v) is 13.6. The lowest BCUT2D eigenvalue weighted by molar-refractivity contribution is 0.501. The molecule has 0 aliphatic carbocycles. The third-order valence-electron chi connectivity index (χ3n) is 4.71. The summed E-state index contributed by atoms with van der Waals surface area (Å²) in [5.74, 6) is 1.64. The molecular formula is C18H21N5. The average Bonchev–Trinajstić information content (AvgIpc) is 3.01. The maximum absolute atomic E-state index is 4.85. The van der Waals surface area contributed by atoms with Crippen LogP contribution in [-0.4, -0.2) is 32.8 Å². The first-order chi connectivity index (χ1) is 11.2. The summed E-state index contributed by atoms with van der Waals surface area (Å²) in [4.78, 5) is 11.9. The minimum Gasteiger partial charge on any atom is -0.355 e. The molecule has 0 saturated carbocycles.